The summed E-state index contributed by atoms with van der Waals surface area (Å²) in [5.41, 5.74) is 17.4. The topological polar surface area (TPSA) is 9.86 Å². The van der Waals surface area contributed by atoms with Gasteiger partial charge in [0, 0.05) is 32.9 Å². The van der Waals surface area contributed by atoms with Gasteiger partial charge in [0.1, 0.15) is 0 Å². The molecule has 0 bridgehead atoms. The van der Waals surface area contributed by atoms with Crippen molar-refractivity contribution in [2.24, 2.45) is 0 Å². The van der Waals surface area contributed by atoms with Crippen LogP contribution in [0.1, 0.15) is 19.8 Å². The summed E-state index contributed by atoms with van der Waals surface area (Å²) in [6.45, 7) is 5.63. The van der Waals surface area contributed by atoms with E-state index in [9.17, 15) is 0 Å². The number of nitrogens with zero attached hydrogens (tertiary/aromatic N) is 2. The maximum absolute atomic E-state index is 3.60. The van der Waals surface area contributed by atoms with Crippen molar-refractivity contribution in [1.29, 1.82) is 0 Å². The van der Waals surface area contributed by atoms with Crippen LogP contribution < -0.4 is 0 Å². The van der Waals surface area contributed by atoms with E-state index in [0.29, 0.717) is 0 Å². The molecular weight excluding hydrogens is 833 g/mol. The van der Waals surface area contributed by atoms with E-state index >= 15 is 0 Å². The number of rotatable bonds is 7. The van der Waals surface area contributed by atoms with Gasteiger partial charge in [-0.15, -0.1) is 6.58 Å². The van der Waals surface area contributed by atoms with Gasteiger partial charge in [0.05, 0.1) is 22.1 Å². The van der Waals surface area contributed by atoms with Crippen LogP contribution in [0.25, 0.3) is 132 Å². The minimum Gasteiger partial charge on any atom is -0.309 e. The Morgan fingerprint density at radius 3 is 1.75 bits per heavy atom. The Labute approximate surface area is 402 Å². The SMILES string of the molecule is C=CCC/C=C\C.c1ccc(-n2c3ccc(-c4ccc5c(c4)c4ccccc4n5-c4ccc5cc(-c6cc7c8c(cccc8c6)-c6ccccc6-7)ccc5c4)cc3c3c4ccccc4ccc32)cc1. The molecule has 0 saturated carbocycles. The third kappa shape index (κ3) is 6.63. The number of unbranched alkanes of at least 4 members (excludes halogenated alkanes) is 1. The molecule has 1 aliphatic carbocycles. The molecule has 0 amide bonds. The summed E-state index contributed by atoms with van der Waals surface area (Å²) in [6.07, 6.45) is 8.37. The molecule has 0 unspecified atom stereocenters. The van der Waals surface area contributed by atoms with Gasteiger partial charge in [-0.25, -0.2) is 0 Å². The van der Waals surface area contributed by atoms with E-state index in [2.05, 4.69) is 246 Å². The third-order valence-electron chi connectivity index (χ3n) is 14.3. The molecule has 0 aliphatic heterocycles. The first-order valence-corrected chi connectivity index (χ1v) is 24.1. The molecular formula is C67H48N2. The number of fused-ring (bicyclic) bond motifs is 12. The molecule has 14 rings (SSSR count). The fourth-order valence-corrected chi connectivity index (χ4v) is 11.2. The van der Waals surface area contributed by atoms with Crippen LogP contribution in [0.15, 0.2) is 243 Å². The molecule has 69 heavy (non-hydrogen) atoms. The molecule has 0 saturated heterocycles. The molecule has 2 aromatic heterocycles. The van der Waals surface area contributed by atoms with Crippen molar-refractivity contribution in [2.75, 3.05) is 0 Å². The van der Waals surface area contributed by atoms with Crippen molar-refractivity contribution in [1.82, 2.24) is 9.13 Å². The molecule has 2 heterocycles. The van der Waals surface area contributed by atoms with E-state index in [0.717, 1.165) is 18.5 Å². The molecule has 13 aromatic rings. The predicted molar refractivity (Wildman–Crippen MR) is 297 cm³/mol. The molecule has 326 valence electrons. The maximum Gasteiger partial charge on any atom is 0.0547 e. The van der Waals surface area contributed by atoms with Crippen molar-refractivity contribution in [3.63, 3.8) is 0 Å². The van der Waals surface area contributed by atoms with Gasteiger partial charge in [-0.3, -0.25) is 0 Å². The minimum atomic E-state index is 1.10. The van der Waals surface area contributed by atoms with Crippen LogP contribution in [0.2, 0.25) is 0 Å². The van der Waals surface area contributed by atoms with Crippen LogP contribution in [-0.4, -0.2) is 9.13 Å². The number of benzene rings is 11. The fourth-order valence-electron chi connectivity index (χ4n) is 11.2. The third-order valence-corrected chi connectivity index (χ3v) is 14.3. The lowest BCUT2D eigenvalue weighted by molar-refractivity contribution is 1.05. The monoisotopic (exact) mass is 880 g/mol. The highest BCUT2D eigenvalue weighted by atomic mass is 15.0. The Morgan fingerprint density at radius 2 is 0.928 bits per heavy atom. The summed E-state index contributed by atoms with van der Waals surface area (Å²) in [5.74, 6) is 0. The fraction of sp³-hybridized carbons (Fsp3) is 0.0448. The number of para-hydroxylation sites is 2. The van der Waals surface area contributed by atoms with E-state index in [1.54, 1.807) is 0 Å². The molecule has 11 aromatic carbocycles. The van der Waals surface area contributed by atoms with Crippen molar-refractivity contribution in [2.45, 2.75) is 19.8 Å². The molecule has 0 atom stereocenters. The highest BCUT2D eigenvalue weighted by molar-refractivity contribution is 6.22. The molecule has 1 aliphatic rings. The lowest BCUT2D eigenvalue weighted by atomic mass is 9.95. The summed E-state index contributed by atoms with van der Waals surface area (Å²) in [4.78, 5) is 0. The maximum atomic E-state index is 3.60. The highest BCUT2D eigenvalue weighted by Gasteiger charge is 2.22. The number of allylic oxidation sites excluding steroid dienone is 3. The first-order chi connectivity index (χ1) is 34.1. The van der Waals surface area contributed by atoms with Gasteiger partial charge in [0.15, 0.2) is 0 Å². The lowest BCUT2D eigenvalue weighted by Gasteiger charge is -2.12. The summed E-state index contributed by atoms with van der Waals surface area (Å²) in [5, 5.41) is 12.7. The van der Waals surface area contributed by atoms with Gasteiger partial charge in [-0.2, -0.15) is 0 Å². The van der Waals surface area contributed by atoms with E-state index in [-0.39, 0.29) is 0 Å². The highest BCUT2D eigenvalue weighted by Crippen LogP contribution is 2.49. The lowest BCUT2D eigenvalue weighted by Crippen LogP contribution is -1.94. The van der Waals surface area contributed by atoms with Gasteiger partial charge in [0.25, 0.3) is 0 Å². The van der Waals surface area contributed by atoms with Crippen molar-refractivity contribution in [3.05, 3.63) is 243 Å². The number of aromatic nitrogens is 2. The van der Waals surface area contributed by atoms with Crippen LogP contribution in [0.5, 0.6) is 0 Å². The quantitative estimate of drug-likeness (QED) is 0.111. The largest absolute Gasteiger partial charge is 0.309 e. The zero-order valence-corrected chi connectivity index (χ0v) is 38.5. The Balaban J connectivity index is 0.000000625. The first-order valence-electron chi connectivity index (χ1n) is 24.1. The average Bonchev–Trinajstić information content (AvgIpc) is 4.05. The van der Waals surface area contributed by atoms with E-state index in [1.807, 2.05) is 13.0 Å². The summed E-state index contributed by atoms with van der Waals surface area (Å²) in [6, 6.07) is 81.0. The molecule has 0 radical (unpaired) electrons. The second-order valence-electron chi connectivity index (χ2n) is 18.3. The first kappa shape index (κ1) is 40.5. The zero-order valence-electron chi connectivity index (χ0n) is 38.5. The standard InChI is InChI=1S/C60H36N2.C7H12/c1-2-13-45(14-3-1)61-57-29-26-42(35-54(57)60-47-15-5-4-11-37(47)24-30-58(60)61)41-25-28-56-52(34-41)50-18-8-9-20-55(50)62(56)46-27-23-38-31-39(21-22-40(38)33-46)44-32-43-12-10-19-51-48-16-6-7-17-49(48)53(36-44)59(43)51;1-3-5-7-6-4-2/h1-36H;3-4,6H,1,5,7H2,2H3/b;6-4-. The van der Waals surface area contributed by atoms with E-state index in [4.69, 9.17) is 0 Å². The average molecular weight is 881 g/mol. The summed E-state index contributed by atoms with van der Waals surface area (Å²) >= 11 is 0. The van der Waals surface area contributed by atoms with Gasteiger partial charge < -0.3 is 9.13 Å². The Bertz CT molecular complexity index is 4220. The van der Waals surface area contributed by atoms with Crippen molar-refractivity contribution < 1.29 is 0 Å². The van der Waals surface area contributed by atoms with Crippen LogP contribution in [0.4, 0.5) is 0 Å². The number of hydrogen-bond acceptors (Lipinski definition) is 0. The minimum absolute atomic E-state index is 1.10. The molecule has 0 N–H and O–H groups in total. The van der Waals surface area contributed by atoms with Gasteiger partial charge in [-0.1, -0.05) is 158 Å². The molecule has 2 heteroatoms. The van der Waals surface area contributed by atoms with E-state index in [1.165, 1.54) is 126 Å². The normalized spacial score (nSPS) is 12.0. The summed E-state index contributed by atoms with van der Waals surface area (Å²) in [7, 11) is 0. The summed E-state index contributed by atoms with van der Waals surface area (Å²) < 4.78 is 4.85. The number of hydrogen-bond donors (Lipinski definition) is 0. The Hall–Kier alpha value is -8.72. The second kappa shape index (κ2) is 16.6. The van der Waals surface area contributed by atoms with Gasteiger partial charge in [-0.05, 0) is 175 Å². The van der Waals surface area contributed by atoms with Crippen molar-refractivity contribution >= 4 is 75.9 Å². The van der Waals surface area contributed by atoms with Gasteiger partial charge in [0.2, 0.25) is 0 Å². The second-order valence-corrected chi connectivity index (χ2v) is 18.3. The van der Waals surface area contributed by atoms with Crippen LogP contribution in [0.3, 0.4) is 0 Å². The smallest absolute Gasteiger partial charge is 0.0547 e. The Kier molecular flexibility index (Phi) is 9.73. The molecule has 2 nitrogen and oxygen atoms in total. The van der Waals surface area contributed by atoms with Crippen molar-refractivity contribution in [3.8, 4) is 55.9 Å². The molecule has 0 fully saturated rings. The zero-order chi connectivity index (χ0) is 46.0. The Morgan fingerprint density at radius 1 is 0.348 bits per heavy atom. The van der Waals surface area contributed by atoms with Gasteiger partial charge >= 0.3 is 0 Å². The van der Waals surface area contributed by atoms with Crippen LogP contribution in [0, 0.1) is 0 Å². The van der Waals surface area contributed by atoms with E-state index < -0.39 is 0 Å². The molecule has 0 spiro atoms. The van der Waals surface area contributed by atoms with Crippen LogP contribution in [-0.2, 0) is 0 Å². The van der Waals surface area contributed by atoms with Crippen LogP contribution >= 0.6 is 0 Å². The predicted octanol–water partition coefficient (Wildman–Crippen LogP) is 18.9.